The van der Waals surface area contributed by atoms with Gasteiger partial charge in [-0.1, -0.05) is 13.8 Å². The second-order valence-corrected chi connectivity index (χ2v) is 3.30. The molecular weight excluding hydrogens is 162 g/mol. The topological polar surface area (TPSA) is 30.2 Å². The summed E-state index contributed by atoms with van der Waals surface area (Å²) in [7, 11) is 0. The van der Waals surface area contributed by atoms with Gasteiger partial charge in [0, 0.05) is 18.0 Å². The summed E-state index contributed by atoms with van der Waals surface area (Å²) >= 11 is 0. The van der Waals surface area contributed by atoms with Gasteiger partial charge in [0.15, 0.2) is 5.65 Å². The predicted molar refractivity (Wildman–Crippen MR) is 51.7 cm³/mol. The Morgan fingerprint density at radius 1 is 1.54 bits per heavy atom. The molecule has 0 bridgehead atoms. The van der Waals surface area contributed by atoms with Crippen molar-refractivity contribution in [1.29, 1.82) is 0 Å². The summed E-state index contributed by atoms with van der Waals surface area (Å²) in [5, 5.41) is 4.24. The highest BCUT2D eigenvalue weighted by Gasteiger charge is 2.09. The second kappa shape index (κ2) is 3.17. The average Bonchev–Trinajstić information content (AvgIpc) is 2.60. The molecule has 0 N–H and O–H groups in total. The van der Waals surface area contributed by atoms with Crippen molar-refractivity contribution in [3.8, 4) is 0 Å². The van der Waals surface area contributed by atoms with E-state index in [2.05, 4.69) is 23.9 Å². The molecule has 0 aliphatic heterocycles. The van der Waals surface area contributed by atoms with Crippen LogP contribution in [-0.4, -0.2) is 14.6 Å². The minimum atomic E-state index is 0.535. The van der Waals surface area contributed by atoms with Crippen LogP contribution in [0, 0.1) is 0 Å². The Bertz CT molecular complexity index is 405. The number of hydrogen-bond donors (Lipinski definition) is 0. The van der Waals surface area contributed by atoms with Crippen LogP contribution in [0.4, 0.5) is 0 Å². The van der Waals surface area contributed by atoms with Gasteiger partial charge in [-0.05, 0) is 18.4 Å². The third kappa shape index (κ3) is 1.30. The van der Waals surface area contributed by atoms with Crippen molar-refractivity contribution in [2.24, 2.45) is 0 Å². The van der Waals surface area contributed by atoms with E-state index in [0.717, 1.165) is 12.1 Å². The number of nitrogens with zero attached hydrogens (tertiary/aromatic N) is 3. The first-order chi connectivity index (χ1) is 6.33. The fraction of sp³-hybridized carbons (Fsp3) is 0.400. The van der Waals surface area contributed by atoms with Gasteiger partial charge in [-0.25, -0.2) is 9.50 Å². The molecule has 68 valence electrons. The van der Waals surface area contributed by atoms with E-state index in [1.54, 1.807) is 0 Å². The molecule has 0 fully saturated rings. The Hall–Kier alpha value is -1.38. The smallest absolute Gasteiger partial charge is 0.158 e. The van der Waals surface area contributed by atoms with Gasteiger partial charge >= 0.3 is 0 Å². The maximum Gasteiger partial charge on any atom is 0.158 e. The van der Waals surface area contributed by atoms with Crippen LogP contribution < -0.4 is 0 Å². The van der Waals surface area contributed by atoms with Crippen molar-refractivity contribution >= 4 is 5.65 Å². The third-order valence-corrected chi connectivity index (χ3v) is 2.45. The fourth-order valence-corrected chi connectivity index (χ4v) is 1.41. The Morgan fingerprint density at radius 2 is 2.38 bits per heavy atom. The van der Waals surface area contributed by atoms with Crippen molar-refractivity contribution < 1.29 is 0 Å². The molecule has 2 aromatic rings. The largest absolute Gasteiger partial charge is 0.237 e. The van der Waals surface area contributed by atoms with Crippen LogP contribution in [-0.2, 0) is 0 Å². The minimum Gasteiger partial charge on any atom is -0.237 e. The number of aromatic nitrogens is 3. The normalized spacial score (nSPS) is 13.4. The Morgan fingerprint density at radius 3 is 3.15 bits per heavy atom. The molecule has 3 nitrogen and oxygen atoms in total. The maximum atomic E-state index is 4.31. The maximum absolute atomic E-state index is 4.31. The molecular formula is C10H13N3. The molecule has 0 aliphatic rings. The van der Waals surface area contributed by atoms with Crippen LogP contribution in [0.5, 0.6) is 0 Å². The quantitative estimate of drug-likeness (QED) is 0.700. The van der Waals surface area contributed by atoms with Gasteiger partial charge in [-0.15, -0.1) is 0 Å². The molecule has 0 aromatic carbocycles. The molecule has 3 heteroatoms. The molecule has 0 saturated heterocycles. The molecule has 0 spiro atoms. The van der Waals surface area contributed by atoms with Crippen LogP contribution >= 0.6 is 0 Å². The van der Waals surface area contributed by atoms with E-state index in [1.165, 1.54) is 5.56 Å². The lowest BCUT2D eigenvalue weighted by Crippen LogP contribution is -1.93. The molecule has 13 heavy (non-hydrogen) atoms. The van der Waals surface area contributed by atoms with Crippen LogP contribution in [0.3, 0.4) is 0 Å². The van der Waals surface area contributed by atoms with Crippen LogP contribution in [0.1, 0.15) is 31.7 Å². The van der Waals surface area contributed by atoms with Gasteiger partial charge in [0.1, 0.15) is 0 Å². The lowest BCUT2D eigenvalue weighted by atomic mass is 10.0. The third-order valence-electron chi connectivity index (χ3n) is 2.45. The van der Waals surface area contributed by atoms with E-state index in [9.17, 15) is 0 Å². The lowest BCUT2D eigenvalue weighted by Gasteiger charge is -2.04. The summed E-state index contributed by atoms with van der Waals surface area (Å²) in [6.45, 7) is 4.38. The summed E-state index contributed by atoms with van der Waals surface area (Å²) < 4.78 is 1.82. The highest BCUT2D eigenvalue weighted by molar-refractivity contribution is 5.47. The average molecular weight is 175 g/mol. The first kappa shape index (κ1) is 8.23. The van der Waals surface area contributed by atoms with E-state index in [0.29, 0.717) is 5.92 Å². The van der Waals surface area contributed by atoms with Crippen molar-refractivity contribution in [1.82, 2.24) is 14.6 Å². The summed E-state index contributed by atoms with van der Waals surface area (Å²) in [6, 6.07) is 1.89. The van der Waals surface area contributed by atoms with E-state index in [4.69, 9.17) is 0 Å². The van der Waals surface area contributed by atoms with Crippen molar-refractivity contribution in [3.63, 3.8) is 0 Å². The van der Waals surface area contributed by atoms with Gasteiger partial charge in [0.2, 0.25) is 0 Å². The summed E-state index contributed by atoms with van der Waals surface area (Å²) in [4.78, 5) is 4.31. The van der Waals surface area contributed by atoms with Crippen molar-refractivity contribution in [3.05, 3.63) is 30.2 Å². The van der Waals surface area contributed by atoms with E-state index < -0.39 is 0 Å². The van der Waals surface area contributed by atoms with E-state index in [-0.39, 0.29) is 0 Å². The standard InChI is InChI=1S/C10H13N3/c1-3-8(2)9-7-12-13-6-4-5-11-10(9)13/h4-8H,3H2,1-2H3. The molecule has 0 aliphatic carbocycles. The zero-order chi connectivity index (χ0) is 9.26. The van der Waals surface area contributed by atoms with E-state index >= 15 is 0 Å². The molecule has 2 heterocycles. The van der Waals surface area contributed by atoms with Crippen molar-refractivity contribution in [2.45, 2.75) is 26.2 Å². The minimum absolute atomic E-state index is 0.535. The van der Waals surface area contributed by atoms with E-state index in [1.807, 2.05) is 29.2 Å². The van der Waals surface area contributed by atoms with Gasteiger partial charge < -0.3 is 0 Å². The number of fused-ring (bicyclic) bond motifs is 1. The van der Waals surface area contributed by atoms with Crippen LogP contribution in [0.15, 0.2) is 24.7 Å². The summed E-state index contributed by atoms with van der Waals surface area (Å²) in [6.07, 6.45) is 6.77. The highest BCUT2D eigenvalue weighted by atomic mass is 15.2. The zero-order valence-corrected chi connectivity index (χ0v) is 7.94. The molecule has 1 unspecified atom stereocenters. The molecule has 0 saturated carbocycles. The SMILES string of the molecule is CCC(C)c1cnn2cccnc12. The van der Waals surface area contributed by atoms with Gasteiger partial charge in [0.05, 0.1) is 6.20 Å². The molecule has 2 rings (SSSR count). The fourth-order valence-electron chi connectivity index (χ4n) is 1.41. The first-order valence-corrected chi connectivity index (χ1v) is 4.61. The van der Waals surface area contributed by atoms with Gasteiger partial charge in [-0.3, -0.25) is 0 Å². The van der Waals surface area contributed by atoms with Crippen molar-refractivity contribution in [2.75, 3.05) is 0 Å². The van der Waals surface area contributed by atoms with Gasteiger partial charge in [-0.2, -0.15) is 5.10 Å². The van der Waals surface area contributed by atoms with Gasteiger partial charge in [0.25, 0.3) is 0 Å². The Kier molecular flexibility index (Phi) is 2.00. The second-order valence-electron chi connectivity index (χ2n) is 3.30. The molecule has 2 aromatic heterocycles. The summed E-state index contributed by atoms with van der Waals surface area (Å²) in [5.74, 6) is 0.535. The Balaban J connectivity index is 2.57. The zero-order valence-electron chi connectivity index (χ0n) is 7.94. The number of rotatable bonds is 2. The number of hydrogen-bond acceptors (Lipinski definition) is 2. The monoisotopic (exact) mass is 175 g/mol. The highest BCUT2D eigenvalue weighted by Crippen LogP contribution is 2.21. The molecule has 0 radical (unpaired) electrons. The molecule has 0 amide bonds. The predicted octanol–water partition coefficient (Wildman–Crippen LogP) is 2.24. The first-order valence-electron chi connectivity index (χ1n) is 4.61. The Labute approximate surface area is 77.4 Å². The lowest BCUT2D eigenvalue weighted by molar-refractivity contribution is 0.737. The molecule has 1 atom stereocenters. The van der Waals surface area contributed by atoms with Crippen LogP contribution in [0.2, 0.25) is 0 Å². The summed E-state index contributed by atoms with van der Waals surface area (Å²) in [5.41, 5.74) is 2.22. The van der Waals surface area contributed by atoms with Crippen LogP contribution in [0.25, 0.3) is 5.65 Å².